The highest BCUT2D eigenvalue weighted by Gasteiger charge is 2.56. The summed E-state index contributed by atoms with van der Waals surface area (Å²) in [5.41, 5.74) is 5.03. The Morgan fingerprint density at radius 1 is 1.29 bits per heavy atom. The van der Waals surface area contributed by atoms with Crippen molar-refractivity contribution in [3.8, 4) is 11.1 Å². The number of piperidine rings is 1. The first-order chi connectivity index (χ1) is 13.7. The number of hydrogen-bond donors (Lipinski definition) is 3. The quantitative estimate of drug-likeness (QED) is 0.637. The molecule has 0 bridgehead atoms. The first-order valence-corrected chi connectivity index (χ1v) is 10.8. The molecule has 4 heterocycles. The minimum absolute atomic E-state index is 0.157. The van der Waals surface area contributed by atoms with Crippen LogP contribution in [0.2, 0.25) is 0 Å². The third kappa shape index (κ3) is 2.46. The van der Waals surface area contributed by atoms with Crippen LogP contribution in [0.25, 0.3) is 21.3 Å². The van der Waals surface area contributed by atoms with E-state index in [4.69, 9.17) is 4.98 Å². The number of nitrogens with zero attached hydrogens (tertiary/aromatic N) is 2. The van der Waals surface area contributed by atoms with Gasteiger partial charge in [-0.05, 0) is 49.4 Å². The first kappa shape index (κ1) is 16.4. The van der Waals surface area contributed by atoms with Gasteiger partial charge in [0.25, 0.3) is 0 Å². The van der Waals surface area contributed by atoms with E-state index in [9.17, 15) is 4.79 Å². The average Bonchev–Trinajstić information content (AvgIpc) is 3.34. The predicted molar refractivity (Wildman–Crippen MR) is 112 cm³/mol. The van der Waals surface area contributed by atoms with E-state index in [2.05, 4.69) is 44.5 Å². The van der Waals surface area contributed by atoms with Gasteiger partial charge in [0, 0.05) is 29.2 Å². The maximum Gasteiger partial charge on any atom is 0.235 e. The van der Waals surface area contributed by atoms with E-state index >= 15 is 0 Å². The number of carbonyl (C=O) groups is 1. The van der Waals surface area contributed by atoms with Crippen molar-refractivity contribution in [3.63, 3.8) is 0 Å². The lowest BCUT2D eigenvalue weighted by Crippen LogP contribution is -2.38. The molecule has 1 saturated heterocycles. The highest BCUT2D eigenvalue weighted by Crippen LogP contribution is 2.55. The first-order valence-electron chi connectivity index (χ1n) is 9.91. The zero-order valence-corrected chi connectivity index (χ0v) is 16.2. The van der Waals surface area contributed by atoms with Crippen molar-refractivity contribution in [1.29, 1.82) is 0 Å². The highest BCUT2D eigenvalue weighted by atomic mass is 32.1. The van der Waals surface area contributed by atoms with Gasteiger partial charge >= 0.3 is 0 Å². The number of carbonyl (C=O) groups excluding carboxylic acids is 1. The Bertz CT molecular complexity index is 1100. The summed E-state index contributed by atoms with van der Waals surface area (Å²) in [6.45, 7) is 2.03. The Morgan fingerprint density at radius 3 is 3.04 bits per heavy atom. The zero-order chi connectivity index (χ0) is 18.7. The van der Waals surface area contributed by atoms with Crippen molar-refractivity contribution in [2.45, 2.75) is 37.1 Å². The fourth-order valence-corrected chi connectivity index (χ4v) is 5.35. The molecule has 3 aromatic rings. The second-order valence-electron chi connectivity index (χ2n) is 8.04. The van der Waals surface area contributed by atoms with Crippen molar-refractivity contribution in [3.05, 3.63) is 35.3 Å². The lowest BCUT2D eigenvalue weighted by Gasteiger charge is -2.23. The molecule has 1 saturated carbocycles. The summed E-state index contributed by atoms with van der Waals surface area (Å²) in [5.74, 6) is 0.844. The fraction of sp³-hybridized carbons (Fsp3) is 0.381. The topological polar surface area (TPSA) is 78.9 Å². The van der Waals surface area contributed by atoms with Crippen LogP contribution < -0.4 is 16.0 Å². The molecule has 1 amide bonds. The molecule has 6 nitrogen and oxygen atoms in total. The lowest BCUT2D eigenvalue weighted by atomic mass is 9.95. The molecule has 3 aliphatic rings. The van der Waals surface area contributed by atoms with Crippen LogP contribution in [0.3, 0.4) is 0 Å². The van der Waals surface area contributed by atoms with Crippen LogP contribution in [0, 0.1) is 0 Å². The van der Waals surface area contributed by atoms with Crippen LogP contribution in [-0.4, -0.2) is 35.0 Å². The number of nitrogens with one attached hydrogen (secondary N) is 3. The molecule has 1 aromatic carbocycles. The van der Waals surface area contributed by atoms with Gasteiger partial charge in [0.15, 0.2) is 0 Å². The van der Waals surface area contributed by atoms with E-state index in [1.807, 2.05) is 6.20 Å². The van der Waals surface area contributed by atoms with Crippen molar-refractivity contribution in [1.82, 2.24) is 15.3 Å². The summed E-state index contributed by atoms with van der Waals surface area (Å²) in [4.78, 5) is 21.7. The third-order valence-corrected chi connectivity index (χ3v) is 7.13. The molecular formula is C21H21N5OS. The maximum atomic E-state index is 12.3. The minimum atomic E-state index is -0.238. The number of thiophene rings is 1. The molecule has 0 unspecified atom stereocenters. The predicted octanol–water partition coefficient (Wildman–Crippen LogP) is 3.51. The minimum Gasteiger partial charge on any atom is -0.350 e. The van der Waals surface area contributed by atoms with Gasteiger partial charge in [-0.1, -0.05) is 12.1 Å². The second-order valence-corrected chi connectivity index (χ2v) is 8.95. The van der Waals surface area contributed by atoms with Gasteiger partial charge in [-0.15, -0.1) is 11.3 Å². The van der Waals surface area contributed by atoms with Gasteiger partial charge < -0.3 is 16.0 Å². The van der Waals surface area contributed by atoms with Crippen LogP contribution in [0.4, 0.5) is 11.6 Å². The second kappa shape index (κ2) is 5.99. The third-order valence-electron chi connectivity index (χ3n) is 6.22. The van der Waals surface area contributed by atoms with Gasteiger partial charge in [0.1, 0.15) is 0 Å². The molecule has 2 fully saturated rings. The Hall–Kier alpha value is -2.51. The maximum absolute atomic E-state index is 12.3. The molecule has 0 radical (unpaired) electrons. The van der Waals surface area contributed by atoms with Crippen LogP contribution in [0.1, 0.15) is 31.2 Å². The number of benzene rings is 1. The van der Waals surface area contributed by atoms with Gasteiger partial charge in [0.05, 0.1) is 21.8 Å². The Morgan fingerprint density at radius 2 is 2.21 bits per heavy atom. The number of aromatic nitrogens is 2. The Balaban J connectivity index is 1.36. The Labute approximate surface area is 166 Å². The van der Waals surface area contributed by atoms with E-state index in [1.54, 1.807) is 11.3 Å². The molecule has 2 aromatic heterocycles. The van der Waals surface area contributed by atoms with Gasteiger partial charge in [-0.25, -0.2) is 9.97 Å². The molecule has 28 heavy (non-hydrogen) atoms. The number of anilines is 2. The van der Waals surface area contributed by atoms with Crippen LogP contribution in [-0.2, 0) is 10.2 Å². The number of fused-ring (bicyclic) bond motifs is 3. The summed E-state index contributed by atoms with van der Waals surface area (Å²) in [7, 11) is 0. The molecule has 6 rings (SSSR count). The molecule has 142 valence electrons. The molecule has 3 N–H and O–H groups in total. The molecule has 2 aliphatic heterocycles. The fourth-order valence-electron chi connectivity index (χ4n) is 4.48. The summed E-state index contributed by atoms with van der Waals surface area (Å²) in [6.07, 6.45) is 6.14. The number of rotatable bonds is 3. The van der Waals surface area contributed by atoms with Gasteiger partial charge in [0.2, 0.25) is 11.9 Å². The SMILES string of the molecule is O=C1Nc2cc(-c3csc4cnc(N[C@H]5CCCNC5)nc34)ccc2C12CC2. The standard InChI is InChI=1S/C21H21N5OS/c27-19-21(5-6-21)15-4-3-12(8-16(15)25-19)14-11-28-17-10-23-20(26-18(14)17)24-13-2-1-7-22-9-13/h3-4,8,10-11,13,22H,1-2,5-7,9H2,(H,25,27)(H,23,24,26)/t13-/m0/s1. The van der Waals surface area contributed by atoms with Crippen LogP contribution in [0.5, 0.6) is 0 Å². The largest absolute Gasteiger partial charge is 0.350 e. The van der Waals surface area contributed by atoms with Gasteiger partial charge in [-0.3, -0.25) is 4.79 Å². The van der Waals surface area contributed by atoms with Crippen molar-refractivity contribution < 1.29 is 4.79 Å². The molecule has 1 atom stereocenters. The van der Waals surface area contributed by atoms with Crippen molar-refractivity contribution >= 4 is 39.1 Å². The molecular weight excluding hydrogens is 370 g/mol. The van der Waals surface area contributed by atoms with E-state index in [-0.39, 0.29) is 11.3 Å². The van der Waals surface area contributed by atoms with Crippen molar-refractivity contribution in [2.75, 3.05) is 23.7 Å². The van der Waals surface area contributed by atoms with Crippen LogP contribution in [0.15, 0.2) is 29.8 Å². The molecule has 1 aliphatic carbocycles. The summed E-state index contributed by atoms with van der Waals surface area (Å²) >= 11 is 1.66. The Kier molecular flexibility index (Phi) is 3.52. The average molecular weight is 392 g/mol. The number of amides is 1. The summed E-state index contributed by atoms with van der Waals surface area (Å²) < 4.78 is 1.07. The monoisotopic (exact) mass is 391 g/mol. The molecule has 1 spiro atoms. The summed E-state index contributed by atoms with van der Waals surface area (Å²) in [6, 6.07) is 6.72. The smallest absolute Gasteiger partial charge is 0.235 e. The van der Waals surface area contributed by atoms with E-state index in [1.165, 1.54) is 6.42 Å². The number of hydrogen-bond acceptors (Lipinski definition) is 6. The van der Waals surface area contributed by atoms with Crippen molar-refractivity contribution in [2.24, 2.45) is 0 Å². The molecule has 7 heteroatoms. The van der Waals surface area contributed by atoms with E-state index in [0.29, 0.717) is 12.0 Å². The van der Waals surface area contributed by atoms with Gasteiger partial charge in [-0.2, -0.15) is 0 Å². The van der Waals surface area contributed by atoms with Crippen LogP contribution >= 0.6 is 11.3 Å². The normalized spacial score (nSPS) is 22.3. The highest BCUT2D eigenvalue weighted by molar-refractivity contribution is 7.17. The van der Waals surface area contributed by atoms with E-state index < -0.39 is 0 Å². The zero-order valence-electron chi connectivity index (χ0n) is 15.4. The summed E-state index contributed by atoms with van der Waals surface area (Å²) in [5, 5.41) is 12.1. The van der Waals surface area contributed by atoms with E-state index in [0.717, 1.165) is 64.9 Å². The lowest BCUT2D eigenvalue weighted by molar-refractivity contribution is -0.117.